The van der Waals surface area contributed by atoms with E-state index in [1.807, 2.05) is 19.1 Å². The number of carbonyl (C=O) groups excluding carboxylic acids is 1. The smallest absolute Gasteiger partial charge is 0.327 e. The van der Waals surface area contributed by atoms with E-state index in [0.29, 0.717) is 21.7 Å². The Morgan fingerprint density at radius 3 is 2.83 bits per heavy atom. The van der Waals surface area contributed by atoms with Gasteiger partial charge in [0.2, 0.25) is 0 Å². The summed E-state index contributed by atoms with van der Waals surface area (Å²) < 4.78 is 0.702. The average Bonchev–Trinajstić information content (AvgIpc) is 2.77. The average molecular weight is 330 g/mol. The van der Waals surface area contributed by atoms with Crippen LogP contribution in [0.25, 0.3) is 0 Å². The molecule has 1 heterocycles. The van der Waals surface area contributed by atoms with Gasteiger partial charge in [0, 0.05) is 10.2 Å². The summed E-state index contributed by atoms with van der Waals surface area (Å²) in [5, 5.41) is 9.07. The van der Waals surface area contributed by atoms with E-state index in [9.17, 15) is 9.59 Å². The largest absolute Gasteiger partial charge is 0.480 e. The summed E-state index contributed by atoms with van der Waals surface area (Å²) in [6.45, 7) is 1.94. The summed E-state index contributed by atoms with van der Waals surface area (Å²) in [5.41, 5.74) is 1.55. The molecular weight excluding hydrogens is 318 g/mol. The van der Waals surface area contributed by atoms with Crippen LogP contribution in [0.3, 0.4) is 0 Å². The second kappa shape index (κ2) is 5.32. The lowest BCUT2D eigenvalue weighted by atomic mass is 10.1. The maximum absolute atomic E-state index is 12.3. The summed E-state index contributed by atoms with van der Waals surface area (Å²) in [6, 6.07) is 4.70. The van der Waals surface area contributed by atoms with Crippen molar-refractivity contribution in [3.8, 4) is 0 Å². The zero-order valence-corrected chi connectivity index (χ0v) is 12.1. The number of aryl methyl sites for hydroxylation is 1. The van der Waals surface area contributed by atoms with Crippen LogP contribution in [0, 0.1) is 6.92 Å². The van der Waals surface area contributed by atoms with E-state index in [1.54, 1.807) is 6.07 Å². The van der Waals surface area contributed by atoms with Crippen LogP contribution in [0.15, 0.2) is 22.7 Å². The monoisotopic (exact) mass is 329 g/mol. The second-order valence-electron chi connectivity index (χ2n) is 4.11. The molecule has 0 aromatic heterocycles. The third-order valence-corrected chi connectivity index (χ3v) is 4.45. The van der Waals surface area contributed by atoms with Crippen LogP contribution in [0.1, 0.15) is 15.9 Å². The summed E-state index contributed by atoms with van der Waals surface area (Å²) in [6.07, 6.45) is 0. The van der Waals surface area contributed by atoms with Crippen LogP contribution in [0.4, 0.5) is 0 Å². The van der Waals surface area contributed by atoms with E-state index in [-0.39, 0.29) is 5.91 Å². The molecule has 1 aliphatic rings. The number of benzene rings is 1. The van der Waals surface area contributed by atoms with Crippen molar-refractivity contribution in [2.45, 2.75) is 13.0 Å². The van der Waals surface area contributed by atoms with Gasteiger partial charge in [-0.2, -0.15) is 0 Å². The Hall–Kier alpha value is -1.01. The van der Waals surface area contributed by atoms with Gasteiger partial charge in [0.25, 0.3) is 5.91 Å². The molecule has 96 valence electrons. The molecule has 1 unspecified atom stereocenters. The number of carboxylic acids is 1. The van der Waals surface area contributed by atoms with Gasteiger partial charge in [-0.1, -0.05) is 6.07 Å². The molecule has 1 N–H and O–H groups in total. The number of carboxylic acid groups (broad SMARTS) is 1. The second-order valence-corrected chi connectivity index (χ2v) is 5.97. The van der Waals surface area contributed by atoms with E-state index in [1.165, 1.54) is 16.7 Å². The first-order valence-corrected chi connectivity index (χ1v) is 7.33. The summed E-state index contributed by atoms with van der Waals surface area (Å²) in [7, 11) is 0. The Morgan fingerprint density at radius 1 is 1.50 bits per heavy atom. The normalized spacial score (nSPS) is 19.0. The third-order valence-electron chi connectivity index (χ3n) is 2.78. The van der Waals surface area contributed by atoms with Gasteiger partial charge >= 0.3 is 5.97 Å². The Kier molecular flexibility index (Phi) is 3.97. The summed E-state index contributed by atoms with van der Waals surface area (Å²) in [4.78, 5) is 24.8. The van der Waals surface area contributed by atoms with E-state index in [0.717, 1.165) is 5.56 Å². The van der Waals surface area contributed by atoms with Crippen LogP contribution in [-0.2, 0) is 4.79 Å². The Morgan fingerprint density at radius 2 is 2.22 bits per heavy atom. The van der Waals surface area contributed by atoms with Gasteiger partial charge in [0.05, 0.1) is 11.4 Å². The zero-order valence-electron chi connectivity index (χ0n) is 9.72. The van der Waals surface area contributed by atoms with E-state index >= 15 is 0 Å². The molecule has 0 saturated carbocycles. The number of hydrogen-bond donors (Lipinski definition) is 1. The van der Waals surface area contributed by atoms with Crippen LogP contribution in [-0.4, -0.2) is 39.6 Å². The van der Waals surface area contributed by atoms with Crippen molar-refractivity contribution in [3.63, 3.8) is 0 Å². The lowest BCUT2D eigenvalue weighted by Crippen LogP contribution is -2.41. The summed E-state index contributed by atoms with van der Waals surface area (Å²) in [5.74, 6) is -0.309. The maximum atomic E-state index is 12.3. The highest BCUT2D eigenvalue weighted by atomic mass is 79.9. The van der Waals surface area contributed by atoms with Crippen molar-refractivity contribution < 1.29 is 14.7 Å². The molecule has 1 atom stereocenters. The number of nitrogens with zero attached hydrogens (tertiary/aromatic N) is 1. The van der Waals surface area contributed by atoms with Crippen molar-refractivity contribution in [2.24, 2.45) is 0 Å². The number of amides is 1. The van der Waals surface area contributed by atoms with Gasteiger partial charge in [-0.05, 0) is 40.5 Å². The minimum absolute atomic E-state index is 0.237. The molecule has 1 aromatic rings. The van der Waals surface area contributed by atoms with Gasteiger partial charge in [-0.15, -0.1) is 11.8 Å². The Labute approximate surface area is 117 Å². The number of rotatable bonds is 2. The SMILES string of the molecule is Cc1ccc(C(=O)N2CSCC2C(=O)O)c(Br)c1. The van der Waals surface area contributed by atoms with Crippen LogP contribution in [0.2, 0.25) is 0 Å². The van der Waals surface area contributed by atoms with Crippen molar-refractivity contribution in [1.29, 1.82) is 0 Å². The fourth-order valence-corrected chi connectivity index (χ4v) is 3.60. The first-order valence-electron chi connectivity index (χ1n) is 5.38. The topological polar surface area (TPSA) is 57.6 Å². The lowest BCUT2D eigenvalue weighted by molar-refractivity contribution is -0.140. The highest BCUT2D eigenvalue weighted by Gasteiger charge is 2.35. The fraction of sp³-hybridized carbons (Fsp3) is 0.333. The molecule has 1 aliphatic heterocycles. The maximum Gasteiger partial charge on any atom is 0.327 e. The van der Waals surface area contributed by atoms with E-state index in [4.69, 9.17) is 5.11 Å². The molecule has 6 heteroatoms. The summed E-state index contributed by atoms with van der Waals surface area (Å²) >= 11 is 4.81. The standard InChI is InChI=1S/C12H12BrNO3S/c1-7-2-3-8(9(13)4-7)11(15)14-6-18-5-10(14)12(16)17/h2-4,10H,5-6H2,1H3,(H,16,17). The molecule has 18 heavy (non-hydrogen) atoms. The third kappa shape index (κ3) is 2.54. The van der Waals surface area contributed by atoms with E-state index in [2.05, 4.69) is 15.9 Å². The quantitative estimate of drug-likeness (QED) is 0.904. The molecule has 1 amide bonds. The molecule has 1 saturated heterocycles. The lowest BCUT2D eigenvalue weighted by Gasteiger charge is -2.21. The van der Waals surface area contributed by atoms with Crippen molar-refractivity contribution in [3.05, 3.63) is 33.8 Å². The van der Waals surface area contributed by atoms with Crippen LogP contribution < -0.4 is 0 Å². The van der Waals surface area contributed by atoms with Crippen molar-refractivity contribution in [1.82, 2.24) is 4.90 Å². The van der Waals surface area contributed by atoms with Crippen LogP contribution >= 0.6 is 27.7 Å². The molecule has 1 fully saturated rings. The minimum Gasteiger partial charge on any atom is -0.480 e. The Balaban J connectivity index is 2.28. The number of thioether (sulfide) groups is 1. The first kappa shape index (κ1) is 13.4. The van der Waals surface area contributed by atoms with Gasteiger partial charge in [0.1, 0.15) is 6.04 Å². The molecule has 2 rings (SSSR count). The number of halogens is 1. The molecular formula is C12H12BrNO3S. The van der Waals surface area contributed by atoms with E-state index < -0.39 is 12.0 Å². The molecule has 0 radical (unpaired) electrons. The van der Waals surface area contributed by atoms with Gasteiger partial charge < -0.3 is 10.0 Å². The highest BCUT2D eigenvalue weighted by molar-refractivity contribution is 9.10. The minimum atomic E-state index is -0.948. The van der Waals surface area contributed by atoms with Crippen molar-refractivity contribution in [2.75, 3.05) is 11.6 Å². The molecule has 0 spiro atoms. The predicted octanol–water partition coefficient (Wildman–Crippen LogP) is 2.36. The number of aliphatic carboxylic acids is 1. The molecule has 0 aliphatic carbocycles. The van der Waals surface area contributed by atoms with Crippen LogP contribution in [0.5, 0.6) is 0 Å². The predicted molar refractivity (Wildman–Crippen MR) is 73.8 cm³/mol. The molecule has 4 nitrogen and oxygen atoms in total. The zero-order chi connectivity index (χ0) is 13.3. The Bertz CT molecular complexity index is 506. The van der Waals surface area contributed by atoms with Gasteiger partial charge in [0.15, 0.2) is 0 Å². The highest BCUT2D eigenvalue weighted by Crippen LogP contribution is 2.26. The molecule has 0 bridgehead atoms. The van der Waals surface area contributed by atoms with Gasteiger partial charge in [-0.25, -0.2) is 4.79 Å². The molecule has 1 aromatic carbocycles. The van der Waals surface area contributed by atoms with Gasteiger partial charge in [-0.3, -0.25) is 4.79 Å². The number of carbonyl (C=O) groups is 2. The number of hydrogen-bond acceptors (Lipinski definition) is 3. The van der Waals surface area contributed by atoms with Crippen molar-refractivity contribution >= 4 is 39.6 Å². The first-order chi connectivity index (χ1) is 8.50. The fourth-order valence-electron chi connectivity index (χ4n) is 1.80.